The van der Waals surface area contributed by atoms with Gasteiger partial charge in [0.15, 0.2) is 0 Å². The first-order valence-electron chi connectivity index (χ1n) is 14.0. The SMILES string of the molecule is COc1cccc(/C=C(\NC(=O)c2ccccc2)C(=O)Nc2ccc(SC(C(=O)Nc3ccncc3)c3ccccc3)cc2)c1. The van der Waals surface area contributed by atoms with E-state index in [9.17, 15) is 14.4 Å². The summed E-state index contributed by atoms with van der Waals surface area (Å²) in [6.07, 6.45) is 4.84. The number of aromatic nitrogens is 1. The van der Waals surface area contributed by atoms with Crippen molar-refractivity contribution < 1.29 is 19.1 Å². The molecule has 0 aliphatic carbocycles. The van der Waals surface area contributed by atoms with E-state index in [1.807, 2.05) is 54.6 Å². The summed E-state index contributed by atoms with van der Waals surface area (Å²) in [5.41, 5.74) is 3.19. The first-order valence-corrected chi connectivity index (χ1v) is 14.9. The van der Waals surface area contributed by atoms with Crippen molar-refractivity contribution in [1.29, 1.82) is 0 Å². The highest BCUT2D eigenvalue weighted by molar-refractivity contribution is 8.00. The highest BCUT2D eigenvalue weighted by Gasteiger charge is 2.22. The molecule has 1 heterocycles. The maximum absolute atomic E-state index is 13.5. The summed E-state index contributed by atoms with van der Waals surface area (Å²) in [7, 11) is 1.56. The molecule has 0 radical (unpaired) electrons. The Hall–Kier alpha value is -5.67. The van der Waals surface area contributed by atoms with Gasteiger partial charge in [-0.05, 0) is 77.9 Å². The van der Waals surface area contributed by atoms with E-state index in [1.54, 1.807) is 92.3 Å². The van der Waals surface area contributed by atoms with Crippen LogP contribution in [0, 0.1) is 0 Å². The predicted octanol–water partition coefficient (Wildman–Crippen LogP) is 6.97. The van der Waals surface area contributed by atoms with Crippen molar-refractivity contribution in [3.05, 3.63) is 156 Å². The van der Waals surface area contributed by atoms with E-state index in [0.717, 1.165) is 10.5 Å². The zero-order chi connectivity index (χ0) is 31.4. The summed E-state index contributed by atoms with van der Waals surface area (Å²) < 4.78 is 5.31. The van der Waals surface area contributed by atoms with Crippen LogP contribution < -0.4 is 20.7 Å². The lowest BCUT2D eigenvalue weighted by Crippen LogP contribution is -2.30. The van der Waals surface area contributed by atoms with E-state index in [2.05, 4.69) is 20.9 Å². The average Bonchev–Trinajstić information content (AvgIpc) is 3.08. The Kier molecular flexibility index (Phi) is 10.4. The maximum Gasteiger partial charge on any atom is 0.272 e. The number of pyridine rings is 1. The molecule has 1 aromatic heterocycles. The van der Waals surface area contributed by atoms with Gasteiger partial charge in [0.1, 0.15) is 16.7 Å². The highest BCUT2D eigenvalue weighted by atomic mass is 32.2. The fourth-order valence-corrected chi connectivity index (χ4v) is 5.36. The van der Waals surface area contributed by atoms with Gasteiger partial charge >= 0.3 is 0 Å². The first-order chi connectivity index (χ1) is 22.0. The van der Waals surface area contributed by atoms with Crippen LogP contribution in [0.25, 0.3) is 6.08 Å². The fraction of sp³-hybridized carbons (Fsp3) is 0.0556. The maximum atomic E-state index is 13.5. The summed E-state index contributed by atoms with van der Waals surface area (Å²) in [6.45, 7) is 0. The van der Waals surface area contributed by atoms with Gasteiger partial charge in [-0.2, -0.15) is 0 Å². The minimum absolute atomic E-state index is 0.0625. The third-order valence-electron chi connectivity index (χ3n) is 6.59. The molecular weight excluding hydrogens is 584 g/mol. The van der Waals surface area contributed by atoms with Gasteiger partial charge in [-0.3, -0.25) is 19.4 Å². The van der Waals surface area contributed by atoms with Gasteiger partial charge in [-0.15, -0.1) is 11.8 Å². The Balaban J connectivity index is 1.33. The molecule has 0 saturated carbocycles. The number of hydrogen-bond donors (Lipinski definition) is 3. The van der Waals surface area contributed by atoms with Crippen LogP contribution in [0.15, 0.2) is 144 Å². The lowest BCUT2D eigenvalue weighted by Gasteiger charge is -2.17. The van der Waals surface area contributed by atoms with E-state index in [1.165, 1.54) is 11.8 Å². The zero-order valence-corrected chi connectivity index (χ0v) is 25.2. The predicted molar refractivity (Wildman–Crippen MR) is 178 cm³/mol. The summed E-state index contributed by atoms with van der Waals surface area (Å²) in [4.78, 5) is 44.6. The van der Waals surface area contributed by atoms with Crippen LogP contribution in [-0.2, 0) is 9.59 Å². The molecule has 0 bridgehead atoms. The third-order valence-corrected chi connectivity index (χ3v) is 7.85. The normalized spacial score (nSPS) is 11.6. The van der Waals surface area contributed by atoms with Gasteiger partial charge in [0, 0.05) is 34.2 Å². The minimum atomic E-state index is -0.523. The molecule has 3 N–H and O–H groups in total. The molecule has 224 valence electrons. The number of nitrogens with one attached hydrogen (secondary N) is 3. The molecule has 0 spiro atoms. The number of anilines is 2. The number of nitrogens with zero attached hydrogens (tertiary/aromatic N) is 1. The van der Waals surface area contributed by atoms with E-state index in [-0.39, 0.29) is 11.6 Å². The number of benzene rings is 4. The molecule has 5 aromatic rings. The quantitative estimate of drug-likeness (QED) is 0.110. The van der Waals surface area contributed by atoms with E-state index in [0.29, 0.717) is 28.3 Å². The monoisotopic (exact) mass is 614 g/mol. The Morgan fingerprint density at radius 3 is 2.11 bits per heavy atom. The molecule has 45 heavy (non-hydrogen) atoms. The number of ether oxygens (including phenoxy) is 1. The fourth-order valence-electron chi connectivity index (χ4n) is 4.34. The Morgan fingerprint density at radius 2 is 1.42 bits per heavy atom. The van der Waals surface area contributed by atoms with Gasteiger partial charge in [0.05, 0.1) is 7.11 Å². The summed E-state index contributed by atoms with van der Waals surface area (Å²) in [6, 6.07) is 36.0. The number of carbonyl (C=O) groups is 3. The first kappa shape index (κ1) is 30.8. The van der Waals surface area contributed by atoms with Crippen molar-refractivity contribution in [2.45, 2.75) is 10.1 Å². The van der Waals surface area contributed by atoms with Crippen molar-refractivity contribution in [2.24, 2.45) is 0 Å². The van der Waals surface area contributed by atoms with Gasteiger partial charge in [0.2, 0.25) is 5.91 Å². The molecule has 8 nitrogen and oxygen atoms in total. The van der Waals surface area contributed by atoms with Gasteiger partial charge in [0.25, 0.3) is 11.8 Å². The van der Waals surface area contributed by atoms with E-state index >= 15 is 0 Å². The molecule has 0 aliphatic heterocycles. The third kappa shape index (κ3) is 8.68. The summed E-state index contributed by atoms with van der Waals surface area (Å²) in [5, 5.41) is 8.05. The number of hydrogen-bond acceptors (Lipinski definition) is 6. The van der Waals surface area contributed by atoms with Crippen molar-refractivity contribution in [3.63, 3.8) is 0 Å². The van der Waals surface area contributed by atoms with Crippen LogP contribution in [-0.4, -0.2) is 29.8 Å². The standard InChI is InChI=1S/C36H30N4O4S/c1-44-30-14-8-9-25(23-30)24-32(40-34(41)27-12-6-3-7-13-27)35(42)38-28-15-17-31(18-16-28)45-33(26-10-4-2-5-11-26)36(43)39-29-19-21-37-22-20-29/h2-24,33H,1H3,(H,38,42)(H,40,41)(H,37,39,43)/b32-24-. The average molecular weight is 615 g/mol. The Labute approximate surface area is 265 Å². The van der Waals surface area contributed by atoms with Crippen LogP contribution in [0.2, 0.25) is 0 Å². The molecular formula is C36H30N4O4S. The Morgan fingerprint density at radius 1 is 0.756 bits per heavy atom. The molecule has 5 rings (SSSR count). The lowest BCUT2D eigenvalue weighted by molar-refractivity contribution is -0.116. The van der Waals surface area contributed by atoms with Crippen LogP contribution in [0.3, 0.4) is 0 Å². The summed E-state index contributed by atoms with van der Waals surface area (Å²) >= 11 is 1.39. The van der Waals surface area contributed by atoms with Crippen LogP contribution in [0.1, 0.15) is 26.7 Å². The molecule has 0 fully saturated rings. The van der Waals surface area contributed by atoms with Crippen molar-refractivity contribution in [2.75, 3.05) is 17.7 Å². The minimum Gasteiger partial charge on any atom is -0.497 e. The summed E-state index contributed by atoms with van der Waals surface area (Å²) in [5.74, 6) is -0.462. The zero-order valence-electron chi connectivity index (χ0n) is 24.3. The van der Waals surface area contributed by atoms with E-state index in [4.69, 9.17) is 4.74 Å². The Bertz CT molecular complexity index is 1780. The number of methoxy groups -OCH3 is 1. The van der Waals surface area contributed by atoms with Gasteiger partial charge in [-0.25, -0.2) is 0 Å². The number of amides is 3. The molecule has 0 saturated heterocycles. The molecule has 9 heteroatoms. The van der Waals surface area contributed by atoms with Crippen LogP contribution >= 0.6 is 11.8 Å². The second-order valence-electron chi connectivity index (χ2n) is 9.77. The largest absolute Gasteiger partial charge is 0.497 e. The van der Waals surface area contributed by atoms with E-state index < -0.39 is 17.1 Å². The van der Waals surface area contributed by atoms with Crippen molar-refractivity contribution in [1.82, 2.24) is 10.3 Å². The topological polar surface area (TPSA) is 109 Å². The lowest BCUT2D eigenvalue weighted by atomic mass is 10.1. The number of thioether (sulfide) groups is 1. The molecule has 0 aliphatic rings. The molecule has 3 amide bonds. The smallest absolute Gasteiger partial charge is 0.272 e. The second-order valence-corrected chi connectivity index (χ2v) is 10.9. The van der Waals surface area contributed by atoms with Crippen molar-refractivity contribution >= 4 is 46.9 Å². The number of rotatable bonds is 11. The second kappa shape index (κ2) is 15.2. The van der Waals surface area contributed by atoms with Gasteiger partial charge in [-0.1, -0.05) is 60.7 Å². The molecule has 1 atom stereocenters. The molecule has 4 aromatic carbocycles. The highest BCUT2D eigenvalue weighted by Crippen LogP contribution is 2.36. The van der Waals surface area contributed by atoms with Gasteiger partial charge < -0.3 is 20.7 Å². The van der Waals surface area contributed by atoms with Crippen molar-refractivity contribution in [3.8, 4) is 5.75 Å². The van der Waals surface area contributed by atoms with Crippen LogP contribution in [0.5, 0.6) is 5.75 Å². The molecule has 1 unspecified atom stereocenters. The van der Waals surface area contributed by atoms with Crippen LogP contribution in [0.4, 0.5) is 11.4 Å². The number of carbonyl (C=O) groups excluding carboxylic acids is 3.